The van der Waals surface area contributed by atoms with Gasteiger partial charge in [-0.3, -0.25) is 14.5 Å². The molecular weight excluding hydrogens is 318 g/mol. The molecule has 8 heteroatoms. The van der Waals surface area contributed by atoms with E-state index in [1.165, 1.54) is 4.90 Å². The van der Waals surface area contributed by atoms with E-state index in [0.29, 0.717) is 0 Å². The van der Waals surface area contributed by atoms with Gasteiger partial charge in [-0.2, -0.15) is 0 Å². The Labute approximate surface area is 140 Å². The van der Waals surface area contributed by atoms with Crippen molar-refractivity contribution in [3.63, 3.8) is 0 Å². The Morgan fingerprint density at radius 1 is 1.25 bits per heavy atom. The van der Waals surface area contributed by atoms with E-state index in [9.17, 15) is 19.2 Å². The highest BCUT2D eigenvalue weighted by Gasteiger charge is 2.52. The Hall–Kier alpha value is -1.96. The predicted octanol–water partition coefficient (Wildman–Crippen LogP) is 0.712. The molecule has 0 aliphatic carbocycles. The third-order valence-corrected chi connectivity index (χ3v) is 3.88. The smallest absolute Gasteiger partial charge is 0.410 e. The van der Waals surface area contributed by atoms with Crippen molar-refractivity contribution in [3.8, 4) is 0 Å². The maximum absolute atomic E-state index is 12.5. The van der Waals surface area contributed by atoms with Gasteiger partial charge in [0.2, 0.25) is 0 Å². The number of esters is 1. The van der Waals surface area contributed by atoms with Crippen LogP contribution in [0.3, 0.4) is 0 Å². The molecule has 0 aromatic rings. The molecule has 1 amide bonds. The van der Waals surface area contributed by atoms with E-state index in [0.717, 1.165) is 0 Å². The van der Waals surface area contributed by atoms with Crippen LogP contribution in [0.2, 0.25) is 0 Å². The summed E-state index contributed by atoms with van der Waals surface area (Å²) in [6, 6.07) is -1.34. The number of hydrogen-bond donors (Lipinski definition) is 0. The second kappa shape index (κ2) is 6.88. The Morgan fingerprint density at radius 2 is 1.92 bits per heavy atom. The molecule has 2 aliphatic heterocycles. The van der Waals surface area contributed by atoms with Crippen molar-refractivity contribution in [1.82, 2.24) is 4.90 Å². The van der Waals surface area contributed by atoms with Crippen LogP contribution in [0.4, 0.5) is 4.79 Å². The lowest BCUT2D eigenvalue weighted by molar-refractivity contribution is -0.164. The zero-order valence-corrected chi connectivity index (χ0v) is 14.4. The lowest BCUT2D eigenvalue weighted by Gasteiger charge is -2.47. The topological polar surface area (TPSA) is 99.2 Å². The number of ketones is 2. The molecule has 0 aromatic carbocycles. The number of carbonyl (C=O) groups is 4. The fourth-order valence-corrected chi connectivity index (χ4v) is 2.99. The third kappa shape index (κ3) is 3.75. The summed E-state index contributed by atoms with van der Waals surface area (Å²) in [5, 5.41) is 0. The number of amides is 1. The zero-order chi connectivity index (χ0) is 18.1. The van der Waals surface area contributed by atoms with Crippen LogP contribution in [0, 0.1) is 5.92 Å². The van der Waals surface area contributed by atoms with E-state index in [-0.39, 0.29) is 32.0 Å². The Morgan fingerprint density at radius 3 is 2.50 bits per heavy atom. The molecule has 2 fully saturated rings. The molecule has 0 N–H and O–H groups in total. The molecule has 2 heterocycles. The minimum absolute atomic E-state index is 0.00268. The first kappa shape index (κ1) is 18.4. The minimum Gasteiger partial charge on any atom is -0.460 e. The fourth-order valence-electron chi connectivity index (χ4n) is 2.99. The summed E-state index contributed by atoms with van der Waals surface area (Å²) in [5.41, 5.74) is -0.714. The first-order chi connectivity index (χ1) is 11.2. The standard InChI is InChI=1S/C16H23NO7/c1-5-23-14(20)13(19)12-10-8-22-7-9(6-11(12)18)17(10)15(21)24-16(2,3)4/h9-10,12H,5-8H2,1-4H3/t9-,10-,12?/m1/s1. The molecule has 0 spiro atoms. The van der Waals surface area contributed by atoms with E-state index >= 15 is 0 Å². The van der Waals surface area contributed by atoms with E-state index in [1.807, 2.05) is 0 Å². The van der Waals surface area contributed by atoms with Gasteiger partial charge in [0.25, 0.3) is 5.78 Å². The van der Waals surface area contributed by atoms with Crippen molar-refractivity contribution >= 4 is 23.6 Å². The number of piperidine rings is 1. The van der Waals surface area contributed by atoms with E-state index in [2.05, 4.69) is 0 Å². The number of carbonyl (C=O) groups excluding carboxylic acids is 4. The van der Waals surface area contributed by atoms with E-state index in [4.69, 9.17) is 14.2 Å². The van der Waals surface area contributed by atoms with Crippen molar-refractivity contribution < 1.29 is 33.4 Å². The van der Waals surface area contributed by atoms with Crippen LogP contribution in [0.5, 0.6) is 0 Å². The second-order valence-corrected chi connectivity index (χ2v) is 6.88. The van der Waals surface area contributed by atoms with Crippen LogP contribution >= 0.6 is 0 Å². The van der Waals surface area contributed by atoms with Gasteiger partial charge in [-0.15, -0.1) is 0 Å². The molecule has 0 saturated carbocycles. The Balaban J connectivity index is 2.27. The minimum atomic E-state index is -1.27. The molecule has 134 valence electrons. The van der Waals surface area contributed by atoms with Gasteiger partial charge < -0.3 is 14.2 Å². The van der Waals surface area contributed by atoms with Crippen LogP contribution in [0.15, 0.2) is 0 Å². The molecule has 8 nitrogen and oxygen atoms in total. The number of hydrogen-bond acceptors (Lipinski definition) is 7. The summed E-state index contributed by atoms with van der Waals surface area (Å²) >= 11 is 0. The number of fused-ring (bicyclic) bond motifs is 2. The third-order valence-electron chi connectivity index (χ3n) is 3.88. The summed E-state index contributed by atoms with van der Waals surface area (Å²) in [5.74, 6) is -3.65. The molecule has 3 atom stereocenters. The van der Waals surface area contributed by atoms with Crippen LogP contribution in [0.1, 0.15) is 34.1 Å². The summed E-state index contributed by atoms with van der Waals surface area (Å²) in [7, 11) is 0. The summed E-state index contributed by atoms with van der Waals surface area (Å²) in [6.07, 6.45) is -0.666. The van der Waals surface area contributed by atoms with Crippen molar-refractivity contribution in [2.24, 2.45) is 5.92 Å². The van der Waals surface area contributed by atoms with Crippen LogP contribution in [-0.4, -0.2) is 66.0 Å². The average Bonchev–Trinajstić information content (AvgIpc) is 2.44. The number of nitrogens with zero attached hydrogens (tertiary/aromatic N) is 1. The molecule has 2 bridgehead atoms. The van der Waals surface area contributed by atoms with Crippen molar-refractivity contribution in [2.75, 3.05) is 19.8 Å². The van der Waals surface area contributed by atoms with E-state index in [1.54, 1.807) is 27.7 Å². The first-order valence-electron chi connectivity index (χ1n) is 7.98. The van der Waals surface area contributed by atoms with Crippen LogP contribution in [-0.2, 0) is 28.6 Å². The van der Waals surface area contributed by atoms with Gasteiger partial charge in [-0.25, -0.2) is 9.59 Å². The fraction of sp³-hybridized carbons (Fsp3) is 0.750. The van der Waals surface area contributed by atoms with Crippen molar-refractivity contribution in [1.29, 1.82) is 0 Å². The highest BCUT2D eigenvalue weighted by molar-refractivity contribution is 6.38. The number of rotatable bonds is 3. The van der Waals surface area contributed by atoms with Gasteiger partial charge in [-0.1, -0.05) is 0 Å². The Bertz CT molecular complexity index is 551. The average molecular weight is 341 g/mol. The van der Waals surface area contributed by atoms with Gasteiger partial charge >= 0.3 is 12.1 Å². The quantitative estimate of drug-likeness (QED) is 0.423. The zero-order valence-electron chi connectivity index (χ0n) is 14.4. The largest absolute Gasteiger partial charge is 0.460 e. The highest BCUT2D eigenvalue weighted by Crippen LogP contribution is 2.32. The number of Topliss-reactive ketones (excluding diaryl/α,β-unsaturated/α-hetero) is 2. The molecule has 2 aliphatic rings. The number of morpholine rings is 1. The molecule has 2 rings (SSSR count). The molecule has 1 unspecified atom stereocenters. The van der Waals surface area contributed by atoms with Gasteiger partial charge in [-0.05, 0) is 27.7 Å². The van der Waals surface area contributed by atoms with Crippen LogP contribution < -0.4 is 0 Å². The molecule has 2 saturated heterocycles. The summed E-state index contributed by atoms with van der Waals surface area (Å²) < 4.78 is 15.5. The highest BCUT2D eigenvalue weighted by atomic mass is 16.6. The van der Waals surface area contributed by atoms with Gasteiger partial charge in [0, 0.05) is 6.42 Å². The summed E-state index contributed by atoms with van der Waals surface area (Å²) in [6.45, 7) is 6.99. The monoisotopic (exact) mass is 341 g/mol. The van der Waals surface area contributed by atoms with Crippen molar-refractivity contribution in [2.45, 2.75) is 51.8 Å². The second-order valence-electron chi connectivity index (χ2n) is 6.88. The lowest BCUT2D eigenvalue weighted by Crippen LogP contribution is -2.65. The molecular formula is C16H23NO7. The molecule has 0 aromatic heterocycles. The normalized spacial score (nSPS) is 26.8. The van der Waals surface area contributed by atoms with Gasteiger partial charge in [0.15, 0.2) is 0 Å². The van der Waals surface area contributed by atoms with Gasteiger partial charge in [0.1, 0.15) is 17.3 Å². The van der Waals surface area contributed by atoms with Gasteiger partial charge in [0.05, 0.1) is 31.9 Å². The number of ether oxygens (including phenoxy) is 3. The van der Waals surface area contributed by atoms with E-state index < -0.39 is 41.4 Å². The molecule has 0 radical (unpaired) electrons. The SMILES string of the molecule is CCOC(=O)C(=O)C1C(=O)C[C@@H]2COC[C@H]1N2C(=O)OC(C)(C)C. The first-order valence-corrected chi connectivity index (χ1v) is 7.98. The van der Waals surface area contributed by atoms with Crippen LogP contribution in [0.25, 0.3) is 0 Å². The lowest BCUT2D eigenvalue weighted by atomic mass is 9.81. The molecule has 24 heavy (non-hydrogen) atoms. The predicted molar refractivity (Wildman–Crippen MR) is 81.2 cm³/mol. The maximum atomic E-state index is 12.5. The summed E-state index contributed by atoms with van der Waals surface area (Å²) in [4.78, 5) is 50.3. The maximum Gasteiger partial charge on any atom is 0.410 e. The van der Waals surface area contributed by atoms with Crippen molar-refractivity contribution in [3.05, 3.63) is 0 Å². The Kier molecular flexibility index (Phi) is 5.27.